The summed E-state index contributed by atoms with van der Waals surface area (Å²) < 4.78 is 85.8. The van der Waals surface area contributed by atoms with Gasteiger partial charge in [0.2, 0.25) is 0 Å². The van der Waals surface area contributed by atoms with Gasteiger partial charge in [-0.25, -0.2) is 4.79 Å². The van der Waals surface area contributed by atoms with E-state index in [4.69, 9.17) is 14.6 Å². The first-order valence-corrected chi connectivity index (χ1v) is 7.47. The molecule has 146 valence electrons. The number of aliphatic hydroxyl groups is 1. The summed E-state index contributed by atoms with van der Waals surface area (Å²) in [7, 11) is 0. The van der Waals surface area contributed by atoms with E-state index in [1.165, 1.54) is 13.8 Å². The lowest BCUT2D eigenvalue weighted by Gasteiger charge is -2.40. The highest BCUT2D eigenvalue weighted by Crippen LogP contribution is 2.44. The molecule has 0 atom stereocenters. The lowest BCUT2D eigenvalue weighted by atomic mass is 9.84. The van der Waals surface area contributed by atoms with Crippen molar-refractivity contribution in [2.45, 2.75) is 69.2 Å². The highest BCUT2D eigenvalue weighted by molar-refractivity contribution is 5.87. The quantitative estimate of drug-likeness (QED) is 0.451. The first kappa shape index (κ1) is 21.8. The van der Waals surface area contributed by atoms with E-state index in [9.17, 15) is 31.1 Å². The fourth-order valence-corrected chi connectivity index (χ4v) is 2.32. The Morgan fingerprint density at radius 2 is 1.60 bits per heavy atom. The molecule has 0 aromatic heterocycles. The standard InChI is InChI=1S/C15H20F6O4/c1-9(2)11(22)25-10-4-6-12(3,7-5-10)24-8-13(23,14(16,17)18)15(19,20)21/h10,23H,1,4-8H2,2-3H3. The molecule has 0 bridgehead atoms. The van der Waals surface area contributed by atoms with Crippen molar-refractivity contribution in [3.05, 3.63) is 12.2 Å². The molecule has 0 aromatic carbocycles. The summed E-state index contributed by atoms with van der Waals surface area (Å²) in [6.45, 7) is 4.27. The second kappa shape index (κ2) is 7.14. The summed E-state index contributed by atoms with van der Waals surface area (Å²) in [5.74, 6) is -0.613. The average Bonchev–Trinajstić information content (AvgIpc) is 2.45. The van der Waals surface area contributed by atoms with Crippen LogP contribution in [0.5, 0.6) is 0 Å². The number of ether oxygens (including phenoxy) is 2. The van der Waals surface area contributed by atoms with Gasteiger partial charge in [0.25, 0.3) is 5.60 Å². The predicted octanol–water partition coefficient (Wildman–Crippen LogP) is 3.68. The van der Waals surface area contributed by atoms with Crippen LogP contribution >= 0.6 is 0 Å². The SMILES string of the molecule is C=C(C)C(=O)OC1CCC(C)(OCC(O)(C(F)(F)F)C(F)(F)F)CC1. The zero-order valence-corrected chi connectivity index (χ0v) is 13.8. The molecule has 25 heavy (non-hydrogen) atoms. The molecular weight excluding hydrogens is 358 g/mol. The van der Waals surface area contributed by atoms with Crippen LogP contribution in [0.25, 0.3) is 0 Å². The van der Waals surface area contributed by atoms with Crippen molar-refractivity contribution in [3.63, 3.8) is 0 Å². The van der Waals surface area contributed by atoms with Crippen LogP contribution in [0.1, 0.15) is 39.5 Å². The van der Waals surface area contributed by atoms with E-state index < -0.39 is 42.2 Å². The van der Waals surface area contributed by atoms with Crippen molar-refractivity contribution in [1.29, 1.82) is 0 Å². The normalized spacial score (nSPS) is 25.6. The Labute approximate surface area is 140 Å². The third-order valence-electron chi connectivity index (χ3n) is 4.18. The Balaban J connectivity index is 2.69. The van der Waals surface area contributed by atoms with Crippen molar-refractivity contribution < 1.29 is 45.7 Å². The van der Waals surface area contributed by atoms with Crippen LogP contribution in [0.3, 0.4) is 0 Å². The van der Waals surface area contributed by atoms with Crippen LogP contribution in [0.15, 0.2) is 12.2 Å². The van der Waals surface area contributed by atoms with Gasteiger partial charge in [-0.05, 0) is 39.5 Å². The maximum Gasteiger partial charge on any atom is 0.428 e. The van der Waals surface area contributed by atoms with Gasteiger partial charge in [-0.3, -0.25) is 0 Å². The number of alkyl halides is 6. The minimum absolute atomic E-state index is 0.0763. The Kier molecular flexibility index (Phi) is 6.22. The Morgan fingerprint density at radius 1 is 1.16 bits per heavy atom. The maximum absolute atomic E-state index is 12.6. The second-order valence-corrected chi connectivity index (χ2v) is 6.48. The zero-order chi connectivity index (χ0) is 19.7. The number of esters is 1. The third-order valence-corrected chi connectivity index (χ3v) is 4.18. The van der Waals surface area contributed by atoms with Gasteiger partial charge in [0.05, 0.1) is 12.2 Å². The van der Waals surface area contributed by atoms with Gasteiger partial charge >= 0.3 is 18.3 Å². The van der Waals surface area contributed by atoms with E-state index in [1.807, 2.05) is 0 Å². The fraction of sp³-hybridized carbons (Fsp3) is 0.800. The number of carbonyl (C=O) groups is 1. The second-order valence-electron chi connectivity index (χ2n) is 6.48. The molecule has 1 fully saturated rings. The highest BCUT2D eigenvalue weighted by Gasteiger charge is 2.71. The smallest absolute Gasteiger partial charge is 0.428 e. The summed E-state index contributed by atoms with van der Waals surface area (Å²) in [6, 6.07) is 0. The van der Waals surface area contributed by atoms with E-state index in [2.05, 4.69) is 6.58 Å². The predicted molar refractivity (Wildman–Crippen MR) is 74.6 cm³/mol. The van der Waals surface area contributed by atoms with E-state index in [0.29, 0.717) is 0 Å². The Hall–Kier alpha value is -1.29. The minimum atomic E-state index is -5.92. The van der Waals surface area contributed by atoms with Gasteiger partial charge in [-0.15, -0.1) is 0 Å². The average molecular weight is 378 g/mol. The largest absolute Gasteiger partial charge is 0.459 e. The maximum atomic E-state index is 12.6. The fourth-order valence-electron chi connectivity index (χ4n) is 2.32. The summed E-state index contributed by atoms with van der Waals surface area (Å²) in [4.78, 5) is 11.4. The molecule has 0 unspecified atom stereocenters. The van der Waals surface area contributed by atoms with Crippen LogP contribution in [0.4, 0.5) is 26.3 Å². The molecule has 10 heteroatoms. The highest BCUT2D eigenvalue weighted by atomic mass is 19.4. The molecule has 0 aliphatic heterocycles. The summed E-state index contributed by atoms with van der Waals surface area (Å²) >= 11 is 0. The van der Waals surface area contributed by atoms with E-state index in [-0.39, 0.29) is 31.3 Å². The molecule has 0 aromatic rings. The van der Waals surface area contributed by atoms with E-state index in [1.54, 1.807) is 0 Å². The molecular formula is C15H20F6O4. The number of carbonyl (C=O) groups excluding carboxylic acids is 1. The summed E-state index contributed by atoms with van der Waals surface area (Å²) in [6.07, 6.45) is -11.8. The number of rotatable bonds is 5. The lowest BCUT2D eigenvalue weighted by molar-refractivity contribution is -0.383. The molecule has 0 spiro atoms. The molecule has 0 amide bonds. The van der Waals surface area contributed by atoms with Gasteiger partial charge < -0.3 is 14.6 Å². The van der Waals surface area contributed by atoms with Crippen LogP contribution in [-0.2, 0) is 14.3 Å². The van der Waals surface area contributed by atoms with E-state index >= 15 is 0 Å². The van der Waals surface area contributed by atoms with Crippen molar-refractivity contribution in [1.82, 2.24) is 0 Å². The lowest BCUT2D eigenvalue weighted by Crippen LogP contribution is -2.61. The molecule has 0 saturated heterocycles. The van der Waals surface area contributed by atoms with Crippen LogP contribution in [-0.4, -0.2) is 47.3 Å². The monoisotopic (exact) mass is 378 g/mol. The van der Waals surface area contributed by atoms with Crippen molar-refractivity contribution >= 4 is 5.97 Å². The molecule has 1 aliphatic rings. The molecule has 1 aliphatic carbocycles. The first-order chi connectivity index (χ1) is 11.1. The van der Waals surface area contributed by atoms with Gasteiger partial charge in [0.1, 0.15) is 6.10 Å². The molecule has 1 saturated carbocycles. The van der Waals surface area contributed by atoms with Crippen molar-refractivity contribution in [2.24, 2.45) is 0 Å². The Morgan fingerprint density at radius 3 is 1.96 bits per heavy atom. The van der Waals surface area contributed by atoms with Gasteiger partial charge in [0.15, 0.2) is 0 Å². The number of halogens is 6. The molecule has 0 radical (unpaired) electrons. The van der Waals surface area contributed by atoms with Gasteiger partial charge in [0, 0.05) is 5.57 Å². The zero-order valence-electron chi connectivity index (χ0n) is 13.8. The summed E-state index contributed by atoms with van der Waals surface area (Å²) in [5.41, 5.74) is -6.05. The molecule has 1 N–H and O–H groups in total. The van der Waals surface area contributed by atoms with Crippen LogP contribution in [0, 0.1) is 0 Å². The Bertz CT molecular complexity index is 489. The number of hydrogen-bond donors (Lipinski definition) is 1. The van der Waals surface area contributed by atoms with Crippen molar-refractivity contribution in [3.8, 4) is 0 Å². The van der Waals surface area contributed by atoms with Crippen LogP contribution < -0.4 is 0 Å². The van der Waals surface area contributed by atoms with Crippen LogP contribution in [0.2, 0.25) is 0 Å². The first-order valence-electron chi connectivity index (χ1n) is 7.47. The van der Waals surface area contributed by atoms with E-state index in [0.717, 1.165) is 0 Å². The minimum Gasteiger partial charge on any atom is -0.459 e. The molecule has 4 nitrogen and oxygen atoms in total. The molecule has 0 heterocycles. The van der Waals surface area contributed by atoms with Crippen molar-refractivity contribution in [2.75, 3.05) is 6.61 Å². The molecule has 1 rings (SSSR count). The summed E-state index contributed by atoms with van der Waals surface area (Å²) in [5, 5.41) is 9.11. The third kappa shape index (κ3) is 5.10. The van der Waals surface area contributed by atoms with Gasteiger partial charge in [-0.1, -0.05) is 6.58 Å². The topological polar surface area (TPSA) is 55.8 Å². The van der Waals surface area contributed by atoms with Gasteiger partial charge in [-0.2, -0.15) is 26.3 Å². The number of hydrogen-bond acceptors (Lipinski definition) is 4.